The first kappa shape index (κ1) is 18.9. The average molecular weight is 378 g/mol. The number of methoxy groups -OCH3 is 1. The predicted molar refractivity (Wildman–Crippen MR) is 90.2 cm³/mol. The Kier molecular flexibility index (Phi) is 5.69. The molecule has 3 rings (SSSR count). The molecule has 2 fully saturated rings. The summed E-state index contributed by atoms with van der Waals surface area (Å²) in [5, 5.41) is 14.6. The molecule has 1 N–H and O–H groups in total. The van der Waals surface area contributed by atoms with Crippen molar-refractivity contribution in [3.05, 3.63) is 28.3 Å². The molecule has 2 heterocycles. The number of ether oxygens (including phenoxy) is 1. The third-order valence-corrected chi connectivity index (χ3v) is 6.51. The molecule has 0 saturated carbocycles. The monoisotopic (exact) mass is 377 g/mol. The van der Waals surface area contributed by atoms with Crippen LogP contribution in [-0.2, 0) is 10.0 Å². The lowest BCUT2D eigenvalue weighted by molar-refractivity contribution is -0.387. The summed E-state index contributed by atoms with van der Waals surface area (Å²) in [5.74, 6) is 0.533. The second-order valence-corrected chi connectivity index (χ2v) is 7.76. The first-order valence-electron chi connectivity index (χ1n) is 7.49. The fourth-order valence-corrected chi connectivity index (χ4v) is 5.01. The van der Waals surface area contributed by atoms with Crippen LogP contribution in [0.3, 0.4) is 0 Å². The van der Waals surface area contributed by atoms with Crippen molar-refractivity contribution in [3.8, 4) is 5.75 Å². The fourth-order valence-electron chi connectivity index (χ4n) is 3.36. The predicted octanol–water partition coefficient (Wildman–Crippen LogP) is 1.40. The molecule has 2 aliphatic rings. The highest BCUT2D eigenvalue weighted by molar-refractivity contribution is 7.89. The van der Waals surface area contributed by atoms with Gasteiger partial charge in [-0.15, -0.1) is 12.4 Å². The van der Waals surface area contributed by atoms with Crippen LogP contribution in [0, 0.1) is 16.0 Å². The highest BCUT2D eigenvalue weighted by Crippen LogP contribution is 2.33. The number of hydrogen-bond donors (Lipinski definition) is 1. The topological polar surface area (TPSA) is 102 Å². The number of sulfonamides is 1. The van der Waals surface area contributed by atoms with Gasteiger partial charge in [-0.05, 0) is 37.4 Å². The van der Waals surface area contributed by atoms with Crippen molar-refractivity contribution in [3.63, 3.8) is 0 Å². The Morgan fingerprint density at radius 3 is 2.79 bits per heavy atom. The molecule has 0 aromatic heterocycles. The van der Waals surface area contributed by atoms with E-state index in [2.05, 4.69) is 5.32 Å². The number of nitrogens with zero attached hydrogens (tertiary/aromatic N) is 2. The summed E-state index contributed by atoms with van der Waals surface area (Å²) in [7, 11) is -2.51. The van der Waals surface area contributed by atoms with Crippen LogP contribution in [0.2, 0.25) is 0 Å². The van der Waals surface area contributed by atoms with Gasteiger partial charge in [-0.25, -0.2) is 8.42 Å². The van der Waals surface area contributed by atoms with Crippen LogP contribution in [0.1, 0.15) is 12.8 Å². The summed E-state index contributed by atoms with van der Waals surface area (Å²) in [6, 6.07) is 4.19. The van der Waals surface area contributed by atoms with Gasteiger partial charge in [-0.2, -0.15) is 4.31 Å². The molecule has 0 bridgehead atoms. The van der Waals surface area contributed by atoms with Gasteiger partial charge in [0.25, 0.3) is 5.69 Å². The van der Waals surface area contributed by atoms with Crippen molar-refractivity contribution in [2.75, 3.05) is 26.7 Å². The maximum atomic E-state index is 12.9. The number of nitrogens with one attached hydrogen (secondary N) is 1. The minimum atomic E-state index is -3.89. The second-order valence-electron chi connectivity index (χ2n) is 5.85. The van der Waals surface area contributed by atoms with E-state index in [9.17, 15) is 18.5 Å². The number of halogens is 1. The molecule has 0 spiro atoms. The van der Waals surface area contributed by atoms with Crippen LogP contribution in [0.5, 0.6) is 5.75 Å². The van der Waals surface area contributed by atoms with E-state index in [1.54, 1.807) is 0 Å². The minimum absolute atomic E-state index is 0. The van der Waals surface area contributed by atoms with Crippen molar-refractivity contribution in [2.45, 2.75) is 23.8 Å². The van der Waals surface area contributed by atoms with Crippen LogP contribution in [0.25, 0.3) is 0 Å². The van der Waals surface area contributed by atoms with Crippen molar-refractivity contribution in [1.29, 1.82) is 0 Å². The molecular formula is C14H20ClN3O5S. The number of fused-ring (bicyclic) bond motifs is 1. The molecule has 0 aliphatic carbocycles. The summed E-state index contributed by atoms with van der Waals surface area (Å²) < 4.78 is 32.0. The molecule has 134 valence electrons. The lowest BCUT2D eigenvalue weighted by atomic mass is 9.95. The maximum absolute atomic E-state index is 12.9. The first-order valence-corrected chi connectivity index (χ1v) is 8.93. The number of nitro groups is 1. The van der Waals surface area contributed by atoms with E-state index in [1.807, 2.05) is 0 Å². The Bertz CT molecular complexity index is 727. The highest BCUT2D eigenvalue weighted by atomic mass is 35.5. The summed E-state index contributed by atoms with van der Waals surface area (Å²) in [5.41, 5.74) is -0.448. The molecular weight excluding hydrogens is 358 g/mol. The summed E-state index contributed by atoms with van der Waals surface area (Å²) in [6.45, 7) is 1.68. The molecule has 2 aliphatic heterocycles. The smallest absolute Gasteiger partial charge is 0.293 e. The average Bonchev–Trinajstić information content (AvgIpc) is 3.01. The van der Waals surface area contributed by atoms with Gasteiger partial charge in [0.1, 0.15) is 5.75 Å². The van der Waals surface area contributed by atoms with Gasteiger partial charge >= 0.3 is 0 Å². The van der Waals surface area contributed by atoms with Crippen LogP contribution < -0.4 is 10.1 Å². The van der Waals surface area contributed by atoms with E-state index in [-0.39, 0.29) is 29.0 Å². The molecule has 10 heteroatoms. The molecule has 2 saturated heterocycles. The van der Waals surface area contributed by atoms with Gasteiger partial charge in [0.05, 0.1) is 18.1 Å². The van der Waals surface area contributed by atoms with Gasteiger partial charge in [-0.3, -0.25) is 10.1 Å². The highest BCUT2D eigenvalue weighted by Gasteiger charge is 2.39. The van der Waals surface area contributed by atoms with Gasteiger partial charge in [0.2, 0.25) is 10.0 Å². The van der Waals surface area contributed by atoms with Gasteiger partial charge < -0.3 is 10.1 Å². The third-order valence-electron chi connectivity index (χ3n) is 4.60. The molecule has 1 aromatic carbocycles. The number of nitro benzene ring substituents is 1. The third kappa shape index (κ3) is 3.34. The molecule has 24 heavy (non-hydrogen) atoms. The van der Waals surface area contributed by atoms with E-state index >= 15 is 0 Å². The zero-order chi connectivity index (χ0) is 16.6. The molecule has 2 atom stereocenters. The zero-order valence-electron chi connectivity index (χ0n) is 13.2. The number of piperidine rings is 1. The van der Waals surface area contributed by atoms with E-state index in [4.69, 9.17) is 4.74 Å². The van der Waals surface area contributed by atoms with Gasteiger partial charge in [0.15, 0.2) is 4.90 Å². The first-order chi connectivity index (χ1) is 10.9. The van der Waals surface area contributed by atoms with Crippen molar-refractivity contribution >= 4 is 28.1 Å². The number of rotatable bonds is 4. The Morgan fingerprint density at radius 1 is 1.38 bits per heavy atom. The summed E-state index contributed by atoms with van der Waals surface area (Å²) in [4.78, 5) is 10.3. The maximum Gasteiger partial charge on any atom is 0.293 e. The Labute approximate surface area is 146 Å². The van der Waals surface area contributed by atoms with Crippen LogP contribution in [-0.4, -0.2) is 50.4 Å². The van der Waals surface area contributed by atoms with Crippen LogP contribution in [0.15, 0.2) is 23.1 Å². The molecule has 8 nitrogen and oxygen atoms in total. The Morgan fingerprint density at radius 2 is 2.12 bits per heavy atom. The van der Waals surface area contributed by atoms with Crippen molar-refractivity contribution < 1.29 is 18.1 Å². The van der Waals surface area contributed by atoms with E-state index in [0.717, 1.165) is 25.5 Å². The lowest BCUT2D eigenvalue weighted by Gasteiger charge is -2.33. The summed E-state index contributed by atoms with van der Waals surface area (Å²) >= 11 is 0. The normalized spacial score (nSPS) is 24.0. The standard InChI is InChI=1S/C14H19N3O5S.ClH/c1-22-11-2-3-14(13(8-11)17(18)19)23(20,21)16-7-5-12-10(9-16)4-6-15-12;/h2-3,8,10,12,15H,4-7,9H2,1H3;1H. The molecule has 2 unspecified atom stereocenters. The van der Waals surface area contributed by atoms with Crippen LogP contribution >= 0.6 is 12.4 Å². The van der Waals surface area contributed by atoms with Gasteiger partial charge in [0, 0.05) is 19.1 Å². The Hall–Kier alpha value is -1.42. The van der Waals surface area contributed by atoms with E-state index < -0.39 is 20.6 Å². The quantitative estimate of drug-likeness (QED) is 0.628. The number of hydrogen-bond acceptors (Lipinski definition) is 6. The minimum Gasteiger partial charge on any atom is -0.497 e. The van der Waals surface area contributed by atoms with E-state index in [1.165, 1.54) is 23.5 Å². The fraction of sp³-hybridized carbons (Fsp3) is 0.571. The molecule has 0 radical (unpaired) electrons. The molecule has 0 amide bonds. The number of benzene rings is 1. The second kappa shape index (κ2) is 7.22. The largest absolute Gasteiger partial charge is 0.497 e. The zero-order valence-corrected chi connectivity index (χ0v) is 14.8. The SMILES string of the molecule is COc1ccc(S(=O)(=O)N2CCC3NCCC3C2)c([N+](=O)[O-])c1.Cl. The van der Waals surface area contributed by atoms with Crippen molar-refractivity contribution in [2.24, 2.45) is 5.92 Å². The summed E-state index contributed by atoms with van der Waals surface area (Å²) in [6.07, 6.45) is 1.66. The van der Waals surface area contributed by atoms with E-state index in [0.29, 0.717) is 19.1 Å². The van der Waals surface area contributed by atoms with Crippen molar-refractivity contribution in [1.82, 2.24) is 9.62 Å². The lowest BCUT2D eigenvalue weighted by Crippen LogP contribution is -2.46. The molecule has 1 aromatic rings. The van der Waals surface area contributed by atoms with Gasteiger partial charge in [-0.1, -0.05) is 0 Å². The van der Waals surface area contributed by atoms with Crippen LogP contribution in [0.4, 0.5) is 5.69 Å². The Balaban J connectivity index is 0.00000208.